The van der Waals surface area contributed by atoms with Gasteiger partial charge in [0.15, 0.2) is 0 Å². The van der Waals surface area contributed by atoms with E-state index in [1.54, 1.807) is 6.08 Å². The molecule has 0 heterocycles. The molecular formula is C73H129NO3. The summed E-state index contributed by atoms with van der Waals surface area (Å²) in [5, 5.41) is 23.2. The summed E-state index contributed by atoms with van der Waals surface area (Å²) in [6, 6.07) is -0.651. The van der Waals surface area contributed by atoms with Gasteiger partial charge in [0, 0.05) is 6.42 Å². The minimum Gasteiger partial charge on any atom is -0.394 e. The molecule has 0 aliphatic heterocycles. The van der Waals surface area contributed by atoms with Crippen molar-refractivity contribution in [2.75, 3.05) is 6.61 Å². The minimum atomic E-state index is -0.876. The van der Waals surface area contributed by atoms with Gasteiger partial charge < -0.3 is 15.5 Å². The van der Waals surface area contributed by atoms with Crippen LogP contribution in [0.4, 0.5) is 0 Å². The summed E-state index contributed by atoms with van der Waals surface area (Å²) in [4.78, 5) is 12.5. The standard InChI is InChI=1S/C73H129NO3/c1-3-5-7-9-11-13-15-17-19-21-23-25-27-29-31-32-33-34-35-36-37-38-39-40-41-42-43-45-47-49-51-53-55-57-59-61-63-65-67-69-73(77)74-71(70-75)72(76)68-66-64-62-60-58-56-54-52-50-48-46-44-30-28-26-24-22-20-18-16-14-12-10-8-6-4-2/h5,7,11,13,17,19,23,25,29,31,33-34,50,52,58,60,66,68,71-72,75-76H,3-4,6,8-10,12,14-16,18,20-22,24,26-28,30,32,35-49,51,53-57,59,61-65,67,69-70H2,1-2H3,(H,74,77)/b7-5-,13-11-,19-17-,25-23-,31-29-,34-33-,52-50+,60-58+,68-66+. The van der Waals surface area contributed by atoms with Gasteiger partial charge >= 0.3 is 0 Å². The Balaban J connectivity index is 3.51. The van der Waals surface area contributed by atoms with Crippen molar-refractivity contribution < 1.29 is 15.0 Å². The van der Waals surface area contributed by atoms with E-state index in [9.17, 15) is 15.0 Å². The number of carbonyl (C=O) groups excluding carboxylic acids is 1. The molecule has 77 heavy (non-hydrogen) atoms. The third-order valence-electron chi connectivity index (χ3n) is 15.0. The summed E-state index contributed by atoms with van der Waals surface area (Å²) >= 11 is 0. The van der Waals surface area contributed by atoms with Crippen LogP contribution in [-0.4, -0.2) is 34.9 Å². The van der Waals surface area contributed by atoms with Crippen LogP contribution in [0.2, 0.25) is 0 Å². The summed E-state index contributed by atoms with van der Waals surface area (Å²) in [7, 11) is 0. The molecule has 0 fully saturated rings. The van der Waals surface area contributed by atoms with Crippen LogP contribution in [0.25, 0.3) is 0 Å². The fraction of sp³-hybridized carbons (Fsp3) is 0.740. The van der Waals surface area contributed by atoms with Gasteiger partial charge in [0.05, 0.1) is 18.8 Å². The molecule has 0 aromatic carbocycles. The van der Waals surface area contributed by atoms with Gasteiger partial charge in [-0.3, -0.25) is 4.79 Å². The molecule has 0 aromatic rings. The van der Waals surface area contributed by atoms with Crippen LogP contribution in [0.1, 0.15) is 328 Å². The maximum absolute atomic E-state index is 12.5. The third-order valence-corrected chi connectivity index (χ3v) is 15.0. The van der Waals surface area contributed by atoms with E-state index in [2.05, 4.69) is 116 Å². The quantitative estimate of drug-likeness (QED) is 0.0420. The number of hydrogen-bond donors (Lipinski definition) is 3. The van der Waals surface area contributed by atoms with Crippen molar-refractivity contribution in [3.05, 3.63) is 109 Å². The van der Waals surface area contributed by atoms with Crippen LogP contribution >= 0.6 is 0 Å². The molecule has 0 aromatic heterocycles. The molecular weight excluding hydrogens is 939 g/mol. The number of rotatable bonds is 61. The molecule has 0 rings (SSSR count). The van der Waals surface area contributed by atoms with Crippen LogP contribution in [0.5, 0.6) is 0 Å². The number of aliphatic hydroxyl groups is 2. The lowest BCUT2D eigenvalue weighted by atomic mass is 10.0. The Kier molecular flexibility index (Phi) is 64.7. The van der Waals surface area contributed by atoms with E-state index in [0.29, 0.717) is 6.42 Å². The zero-order chi connectivity index (χ0) is 55.5. The van der Waals surface area contributed by atoms with E-state index in [4.69, 9.17) is 0 Å². The highest BCUT2D eigenvalue weighted by molar-refractivity contribution is 5.76. The Morgan fingerprint density at radius 2 is 0.584 bits per heavy atom. The van der Waals surface area contributed by atoms with Gasteiger partial charge in [-0.15, -0.1) is 0 Å². The van der Waals surface area contributed by atoms with E-state index in [0.717, 1.165) is 77.0 Å². The highest BCUT2D eigenvalue weighted by Crippen LogP contribution is 2.17. The molecule has 0 saturated carbocycles. The number of amides is 1. The van der Waals surface area contributed by atoms with Gasteiger partial charge in [-0.05, 0) is 96.3 Å². The average molecular weight is 1070 g/mol. The fourth-order valence-corrected chi connectivity index (χ4v) is 9.92. The molecule has 0 radical (unpaired) electrons. The van der Waals surface area contributed by atoms with Crippen molar-refractivity contribution in [3.63, 3.8) is 0 Å². The first-order chi connectivity index (χ1) is 38.2. The number of carbonyl (C=O) groups is 1. The van der Waals surface area contributed by atoms with Crippen LogP contribution in [0, 0.1) is 0 Å². The number of allylic oxidation sites excluding steroid dienone is 17. The zero-order valence-electron chi connectivity index (χ0n) is 51.2. The lowest BCUT2D eigenvalue weighted by Crippen LogP contribution is -2.45. The molecule has 2 atom stereocenters. The average Bonchev–Trinajstić information content (AvgIpc) is 3.43. The van der Waals surface area contributed by atoms with Crippen molar-refractivity contribution in [2.45, 2.75) is 341 Å². The highest BCUT2D eigenvalue weighted by Gasteiger charge is 2.18. The summed E-state index contributed by atoms with van der Waals surface area (Å²) in [5.74, 6) is -0.0757. The second kappa shape index (κ2) is 67.3. The molecule has 1 amide bonds. The van der Waals surface area contributed by atoms with Gasteiger partial charge in [-0.25, -0.2) is 0 Å². The van der Waals surface area contributed by atoms with Crippen molar-refractivity contribution >= 4 is 5.91 Å². The van der Waals surface area contributed by atoms with Crippen LogP contribution in [0.15, 0.2) is 109 Å². The summed E-state index contributed by atoms with van der Waals surface area (Å²) < 4.78 is 0. The Morgan fingerprint density at radius 1 is 0.325 bits per heavy atom. The maximum atomic E-state index is 12.5. The Bertz CT molecular complexity index is 1440. The summed E-state index contributed by atoms with van der Waals surface area (Å²) in [6.07, 6.45) is 102. The van der Waals surface area contributed by atoms with Gasteiger partial charge in [-0.1, -0.05) is 335 Å². The summed E-state index contributed by atoms with van der Waals surface area (Å²) in [6.45, 7) is 4.20. The van der Waals surface area contributed by atoms with Crippen LogP contribution < -0.4 is 5.32 Å². The van der Waals surface area contributed by atoms with E-state index in [1.807, 2.05) is 6.08 Å². The first-order valence-electron chi connectivity index (χ1n) is 33.6. The van der Waals surface area contributed by atoms with Crippen LogP contribution in [0.3, 0.4) is 0 Å². The predicted molar refractivity (Wildman–Crippen MR) is 345 cm³/mol. The van der Waals surface area contributed by atoms with Crippen molar-refractivity contribution in [3.8, 4) is 0 Å². The van der Waals surface area contributed by atoms with E-state index >= 15 is 0 Å². The molecule has 3 N–H and O–H groups in total. The Labute approximate surface area is 480 Å². The van der Waals surface area contributed by atoms with Crippen LogP contribution in [-0.2, 0) is 4.79 Å². The van der Waals surface area contributed by atoms with E-state index < -0.39 is 12.1 Å². The molecule has 0 aliphatic carbocycles. The first kappa shape index (κ1) is 74.0. The van der Waals surface area contributed by atoms with Gasteiger partial charge in [0.25, 0.3) is 0 Å². The lowest BCUT2D eigenvalue weighted by molar-refractivity contribution is -0.123. The van der Waals surface area contributed by atoms with Crippen molar-refractivity contribution in [2.24, 2.45) is 0 Å². The SMILES string of the molecule is CC/C=C\C/C=C\C/C=C\C/C=C\C/C=C\C/C=C\CCCCCCCCCCCCCCCCCCCCCCC(=O)NC(CO)C(O)/C=C/CC/C=C/CC/C=C/CCCCCCCCCCCCCCCCCC. The van der Waals surface area contributed by atoms with Crippen molar-refractivity contribution in [1.82, 2.24) is 5.32 Å². The highest BCUT2D eigenvalue weighted by atomic mass is 16.3. The molecule has 0 spiro atoms. The molecule has 0 bridgehead atoms. The predicted octanol–water partition coefficient (Wildman–Crippen LogP) is 23.0. The molecule has 4 heteroatoms. The topological polar surface area (TPSA) is 69.6 Å². The second-order valence-electron chi connectivity index (χ2n) is 22.5. The molecule has 2 unspecified atom stereocenters. The number of hydrogen-bond acceptors (Lipinski definition) is 3. The smallest absolute Gasteiger partial charge is 0.220 e. The molecule has 0 aliphatic rings. The largest absolute Gasteiger partial charge is 0.394 e. The maximum Gasteiger partial charge on any atom is 0.220 e. The monoisotopic (exact) mass is 1070 g/mol. The van der Waals surface area contributed by atoms with Gasteiger partial charge in [0.1, 0.15) is 0 Å². The van der Waals surface area contributed by atoms with Gasteiger partial charge in [-0.2, -0.15) is 0 Å². The third kappa shape index (κ3) is 63.8. The minimum absolute atomic E-state index is 0.0757. The Hall–Kier alpha value is -2.95. The van der Waals surface area contributed by atoms with E-state index in [-0.39, 0.29) is 12.5 Å². The molecule has 0 saturated heterocycles. The number of aliphatic hydroxyl groups excluding tert-OH is 2. The number of unbranched alkanes of at least 4 members (excludes halogenated alkanes) is 38. The molecule has 444 valence electrons. The zero-order valence-corrected chi connectivity index (χ0v) is 51.2. The second-order valence-corrected chi connectivity index (χ2v) is 22.5. The molecule has 4 nitrogen and oxygen atoms in total. The summed E-state index contributed by atoms with van der Waals surface area (Å²) in [5.41, 5.74) is 0. The normalized spacial score (nSPS) is 13.5. The fourth-order valence-electron chi connectivity index (χ4n) is 9.92. The van der Waals surface area contributed by atoms with E-state index in [1.165, 1.54) is 231 Å². The van der Waals surface area contributed by atoms with Crippen molar-refractivity contribution in [1.29, 1.82) is 0 Å². The lowest BCUT2D eigenvalue weighted by Gasteiger charge is -2.19. The first-order valence-corrected chi connectivity index (χ1v) is 33.6. The van der Waals surface area contributed by atoms with Gasteiger partial charge in [0.2, 0.25) is 5.91 Å². The Morgan fingerprint density at radius 3 is 0.909 bits per heavy atom. The number of nitrogens with one attached hydrogen (secondary N) is 1.